The van der Waals surface area contributed by atoms with Gasteiger partial charge in [-0.1, -0.05) is 17.7 Å². The summed E-state index contributed by atoms with van der Waals surface area (Å²) in [5, 5.41) is 16.4. The van der Waals surface area contributed by atoms with Crippen LogP contribution >= 0.6 is 22.9 Å². The fourth-order valence-electron chi connectivity index (χ4n) is 3.14. The van der Waals surface area contributed by atoms with Gasteiger partial charge in [0.05, 0.1) is 11.1 Å². The molecule has 3 heterocycles. The lowest BCUT2D eigenvalue weighted by Crippen LogP contribution is -2.41. The number of nitriles is 1. The Bertz CT molecular complexity index is 1220. The molecule has 1 unspecified atom stereocenters. The number of aliphatic imine (C=N–C) groups is 1. The SMILES string of the molecule is CC(NC(=O)C1=CC(C=O)=NC2=CCNN21)c1ccc(C#N)s1.CNCc1ccc(F)c(Cl)c1. The number of carbonyl (C=O) groups is 2. The van der Waals surface area contributed by atoms with Gasteiger partial charge in [0, 0.05) is 18.0 Å². The van der Waals surface area contributed by atoms with Crippen LogP contribution in [0.25, 0.3) is 0 Å². The van der Waals surface area contributed by atoms with Crippen molar-refractivity contribution >= 4 is 40.8 Å². The van der Waals surface area contributed by atoms with E-state index in [0.29, 0.717) is 35.8 Å². The Labute approximate surface area is 205 Å². The number of benzene rings is 1. The van der Waals surface area contributed by atoms with Crippen LogP contribution in [0.1, 0.15) is 28.3 Å². The zero-order valence-corrected chi connectivity index (χ0v) is 20.0. The predicted octanol–water partition coefficient (Wildman–Crippen LogP) is 3.19. The van der Waals surface area contributed by atoms with Crippen molar-refractivity contribution in [2.24, 2.45) is 4.99 Å². The van der Waals surface area contributed by atoms with Crippen LogP contribution in [0.15, 0.2) is 59.0 Å². The minimum absolute atomic E-state index is 0.178. The minimum Gasteiger partial charge on any atom is -0.343 e. The van der Waals surface area contributed by atoms with Gasteiger partial charge in [0.15, 0.2) is 6.29 Å². The summed E-state index contributed by atoms with van der Waals surface area (Å²) in [6, 6.07) is 10.1. The molecule has 0 saturated heterocycles. The van der Waals surface area contributed by atoms with Crippen LogP contribution in [0.5, 0.6) is 0 Å². The summed E-state index contributed by atoms with van der Waals surface area (Å²) in [5.74, 6) is -0.152. The van der Waals surface area contributed by atoms with Gasteiger partial charge in [-0.05, 0) is 56.0 Å². The third-order valence-electron chi connectivity index (χ3n) is 4.76. The highest BCUT2D eigenvalue weighted by atomic mass is 35.5. The van der Waals surface area contributed by atoms with Crippen LogP contribution in [-0.2, 0) is 16.1 Å². The molecule has 2 aliphatic rings. The van der Waals surface area contributed by atoms with Crippen molar-refractivity contribution in [1.29, 1.82) is 5.26 Å². The van der Waals surface area contributed by atoms with Gasteiger partial charge in [0.2, 0.25) is 0 Å². The molecule has 2 aliphatic heterocycles. The number of halogens is 2. The van der Waals surface area contributed by atoms with Crippen LogP contribution < -0.4 is 16.1 Å². The molecule has 4 rings (SSSR count). The first-order chi connectivity index (χ1) is 16.4. The van der Waals surface area contributed by atoms with Crippen molar-refractivity contribution in [2.45, 2.75) is 19.5 Å². The van der Waals surface area contributed by atoms with Gasteiger partial charge in [0.25, 0.3) is 5.91 Å². The number of amides is 1. The summed E-state index contributed by atoms with van der Waals surface area (Å²) in [6.07, 6.45) is 3.86. The monoisotopic (exact) mass is 500 g/mol. The molecule has 176 valence electrons. The fourth-order valence-corrected chi connectivity index (χ4v) is 4.15. The third-order valence-corrected chi connectivity index (χ3v) is 6.22. The van der Waals surface area contributed by atoms with Crippen molar-refractivity contribution in [3.63, 3.8) is 0 Å². The second kappa shape index (κ2) is 11.7. The molecule has 1 aromatic carbocycles. The molecule has 34 heavy (non-hydrogen) atoms. The standard InChI is InChI=1S/C15H13N5O2S.C8H9ClFN/c1-9(13-3-2-11(7-16)23-13)18-15(22)12-6-10(8-21)19-14-4-5-17-20(12)14;1-11-5-6-2-3-8(10)7(9)4-6/h2-4,6,8-9,17H,5H2,1H3,(H,18,22);2-4,11H,5H2,1H3. The Morgan fingerprint density at radius 3 is 2.88 bits per heavy atom. The zero-order chi connectivity index (χ0) is 24.7. The Morgan fingerprint density at radius 1 is 1.44 bits per heavy atom. The maximum absolute atomic E-state index is 12.6. The first-order valence-electron chi connectivity index (χ1n) is 10.2. The molecular formula is C23H22ClFN6O2S. The van der Waals surface area contributed by atoms with E-state index in [1.165, 1.54) is 23.5 Å². The molecule has 0 bridgehead atoms. The summed E-state index contributed by atoms with van der Waals surface area (Å²) in [6.45, 7) is 3.10. The number of aldehydes is 1. The Balaban J connectivity index is 0.000000248. The maximum Gasteiger partial charge on any atom is 0.270 e. The lowest BCUT2D eigenvalue weighted by molar-refractivity contribution is -0.119. The first kappa shape index (κ1) is 25.3. The lowest BCUT2D eigenvalue weighted by Gasteiger charge is -2.26. The lowest BCUT2D eigenvalue weighted by atomic mass is 10.2. The van der Waals surface area contributed by atoms with Crippen molar-refractivity contribution in [1.82, 2.24) is 21.1 Å². The van der Waals surface area contributed by atoms with E-state index in [0.717, 1.165) is 10.4 Å². The summed E-state index contributed by atoms with van der Waals surface area (Å²) in [4.78, 5) is 29.2. The summed E-state index contributed by atoms with van der Waals surface area (Å²) in [5.41, 5.74) is 4.51. The third kappa shape index (κ3) is 6.15. The number of carbonyl (C=O) groups excluding carboxylic acids is 2. The minimum atomic E-state index is -0.369. The Hall–Kier alpha value is -3.36. The van der Waals surface area contributed by atoms with Crippen LogP contribution in [0.2, 0.25) is 5.02 Å². The smallest absolute Gasteiger partial charge is 0.270 e. The highest BCUT2D eigenvalue weighted by Gasteiger charge is 2.28. The molecule has 8 nitrogen and oxygen atoms in total. The molecule has 11 heteroatoms. The first-order valence-corrected chi connectivity index (χ1v) is 11.4. The molecule has 0 saturated carbocycles. The van der Waals surface area contributed by atoms with E-state index < -0.39 is 0 Å². The number of thiophene rings is 1. The number of allylic oxidation sites excluding steroid dienone is 1. The number of nitrogens with zero attached hydrogens (tertiary/aromatic N) is 3. The average Bonchev–Trinajstić information content (AvgIpc) is 3.51. The molecule has 0 fully saturated rings. The van der Waals surface area contributed by atoms with Gasteiger partial charge in [-0.15, -0.1) is 11.3 Å². The normalized spacial score (nSPS) is 15.0. The van der Waals surface area contributed by atoms with E-state index >= 15 is 0 Å². The second-order valence-electron chi connectivity index (χ2n) is 7.23. The molecular weight excluding hydrogens is 479 g/mol. The van der Waals surface area contributed by atoms with E-state index in [9.17, 15) is 14.0 Å². The predicted molar refractivity (Wildman–Crippen MR) is 129 cm³/mol. The van der Waals surface area contributed by atoms with E-state index in [2.05, 4.69) is 27.1 Å². The van der Waals surface area contributed by atoms with Gasteiger partial charge in [-0.2, -0.15) is 5.26 Å². The van der Waals surface area contributed by atoms with Crippen LogP contribution in [-0.4, -0.2) is 36.5 Å². The Kier molecular flexibility index (Phi) is 8.67. The van der Waals surface area contributed by atoms with Gasteiger partial charge < -0.3 is 10.6 Å². The molecule has 1 atom stereocenters. The quantitative estimate of drug-likeness (QED) is 0.525. The van der Waals surface area contributed by atoms with E-state index in [1.807, 2.05) is 20.0 Å². The van der Waals surface area contributed by atoms with E-state index in [-0.39, 0.29) is 28.5 Å². The molecule has 3 N–H and O–H groups in total. The molecule has 0 aliphatic carbocycles. The molecule has 1 aromatic heterocycles. The van der Waals surface area contributed by atoms with Crippen LogP contribution in [0, 0.1) is 17.1 Å². The average molecular weight is 501 g/mol. The summed E-state index contributed by atoms with van der Waals surface area (Å²) >= 11 is 6.89. The number of hydrogen-bond acceptors (Lipinski definition) is 8. The van der Waals surface area contributed by atoms with Gasteiger partial charge in [-0.25, -0.2) is 14.8 Å². The van der Waals surface area contributed by atoms with Crippen molar-refractivity contribution in [2.75, 3.05) is 13.6 Å². The highest BCUT2D eigenvalue weighted by molar-refractivity contribution is 7.12. The number of rotatable bonds is 6. The topological polar surface area (TPSA) is 110 Å². The van der Waals surface area contributed by atoms with Crippen molar-refractivity contribution in [3.8, 4) is 6.07 Å². The molecule has 1 amide bonds. The summed E-state index contributed by atoms with van der Waals surface area (Å²) < 4.78 is 12.6. The largest absolute Gasteiger partial charge is 0.343 e. The number of nitrogens with one attached hydrogen (secondary N) is 3. The summed E-state index contributed by atoms with van der Waals surface area (Å²) in [7, 11) is 1.83. The van der Waals surface area contributed by atoms with E-state index in [4.69, 9.17) is 16.9 Å². The van der Waals surface area contributed by atoms with E-state index in [1.54, 1.807) is 29.3 Å². The Morgan fingerprint density at radius 2 is 2.24 bits per heavy atom. The zero-order valence-electron chi connectivity index (χ0n) is 18.4. The van der Waals surface area contributed by atoms with Gasteiger partial charge >= 0.3 is 0 Å². The van der Waals surface area contributed by atoms with Crippen molar-refractivity contribution in [3.05, 3.63) is 80.2 Å². The number of fused-ring (bicyclic) bond motifs is 1. The van der Waals surface area contributed by atoms with Crippen molar-refractivity contribution < 1.29 is 14.0 Å². The molecule has 0 spiro atoms. The van der Waals surface area contributed by atoms with Crippen LogP contribution in [0.4, 0.5) is 4.39 Å². The maximum atomic E-state index is 12.6. The molecule has 2 aromatic rings. The highest BCUT2D eigenvalue weighted by Crippen LogP contribution is 2.25. The second-order valence-corrected chi connectivity index (χ2v) is 8.75. The van der Waals surface area contributed by atoms with Crippen LogP contribution in [0.3, 0.4) is 0 Å². The van der Waals surface area contributed by atoms with Gasteiger partial charge in [0.1, 0.15) is 34.0 Å². The number of hydrogen-bond donors (Lipinski definition) is 3. The fraction of sp³-hybridized carbons (Fsp3) is 0.217. The molecule has 0 radical (unpaired) electrons. The number of hydrazine groups is 1. The van der Waals surface area contributed by atoms with Gasteiger partial charge in [-0.3, -0.25) is 14.6 Å².